The fourth-order valence-electron chi connectivity index (χ4n) is 1.99. The van der Waals surface area contributed by atoms with Crippen LogP contribution in [0.15, 0.2) is 54.6 Å². The summed E-state index contributed by atoms with van der Waals surface area (Å²) in [6.45, 7) is -0.351. The van der Waals surface area contributed by atoms with E-state index in [1.165, 1.54) is 12.1 Å². The van der Waals surface area contributed by atoms with Gasteiger partial charge in [0.2, 0.25) is 0 Å². The molecule has 0 fully saturated rings. The van der Waals surface area contributed by atoms with Crippen molar-refractivity contribution in [3.05, 3.63) is 65.7 Å². The Labute approximate surface area is 148 Å². The van der Waals surface area contributed by atoms with Gasteiger partial charge < -0.3 is 19.9 Å². The number of nitrogens with one attached hydrogen (secondary N) is 1. The van der Waals surface area contributed by atoms with Gasteiger partial charge in [0.25, 0.3) is 0 Å². The third-order valence-electron chi connectivity index (χ3n) is 3.30. The first-order valence-corrected chi connectivity index (χ1v) is 7.77. The van der Waals surface area contributed by atoms with E-state index in [9.17, 15) is 23.1 Å². The summed E-state index contributed by atoms with van der Waals surface area (Å²) in [4.78, 5) is 11.5. The van der Waals surface area contributed by atoms with Crippen molar-refractivity contribution >= 4 is 6.09 Å². The van der Waals surface area contributed by atoms with Gasteiger partial charge in [-0.25, -0.2) is 4.79 Å². The first-order chi connectivity index (χ1) is 12.3. The van der Waals surface area contributed by atoms with Crippen molar-refractivity contribution < 1.29 is 32.5 Å². The number of ether oxygens (including phenoxy) is 2. The van der Waals surface area contributed by atoms with Crippen LogP contribution in [0.5, 0.6) is 5.75 Å². The molecule has 2 N–H and O–H groups in total. The minimum absolute atomic E-state index is 0.0227. The summed E-state index contributed by atoms with van der Waals surface area (Å²) in [5.41, 5.74) is -0.0248. The summed E-state index contributed by atoms with van der Waals surface area (Å²) >= 11 is 0. The van der Waals surface area contributed by atoms with E-state index in [1.807, 2.05) is 18.2 Å². The Hall–Kier alpha value is -2.74. The molecular formula is C18H18F3NO4. The smallest absolute Gasteiger partial charge is 0.416 e. The lowest BCUT2D eigenvalue weighted by atomic mass is 10.2. The Kier molecular flexibility index (Phi) is 6.85. The van der Waals surface area contributed by atoms with Crippen LogP contribution >= 0.6 is 0 Å². The molecule has 1 amide bonds. The number of carbonyl (C=O) groups excluding carboxylic acids is 1. The van der Waals surface area contributed by atoms with Crippen LogP contribution in [0, 0.1) is 0 Å². The topological polar surface area (TPSA) is 67.8 Å². The minimum Gasteiger partial charge on any atom is -0.491 e. The number of amides is 1. The molecule has 1 atom stereocenters. The average Bonchev–Trinajstić information content (AvgIpc) is 2.63. The maximum atomic E-state index is 12.6. The average molecular weight is 369 g/mol. The second kappa shape index (κ2) is 9.10. The summed E-state index contributed by atoms with van der Waals surface area (Å²) in [7, 11) is 0. The van der Waals surface area contributed by atoms with Gasteiger partial charge in [-0.2, -0.15) is 13.2 Å². The molecule has 0 aliphatic rings. The number of aliphatic hydroxyl groups is 1. The van der Waals surface area contributed by atoms with Gasteiger partial charge in [-0.05, 0) is 23.8 Å². The van der Waals surface area contributed by atoms with Crippen LogP contribution in [0.3, 0.4) is 0 Å². The highest BCUT2D eigenvalue weighted by Gasteiger charge is 2.30. The molecule has 0 aliphatic heterocycles. The molecule has 0 saturated carbocycles. The van der Waals surface area contributed by atoms with Crippen LogP contribution in [-0.2, 0) is 17.5 Å². The molecule has 1 unspecified atom stereocenters. The largest absolute Gasteiger partial charge is 0.491 e. The van der Waals surface area contributed by atoms with Gasteiger partial charge >= 0.3 is 12.3 Å². The van der Waals surface area contributed by atoms with Gasteiger partial charge in [-0.3, -0.25) is 0 Å². The van der Waals surface area contributed by atoms with E-state index in [0.29, 0.717) is 0 Å². The quantitative estimate of drug-likeness (QED) is 0.785. The van der Waals surface area contributed by atoms with E-state index >= 15 is 0 Å². The van der Waals surface area contributed by atoms with E-state index in [0.717, 1.165) is 17.7 Å². The fraction of sp³-hybridized carbons (Fsp3) is 0.278. The summed E-state index contributed by atoms with van der Waals surface area (Å²) in [5, 5.41) is 12.1. The number of hydrogen-bond donors (Lipinski definition) is 2. The minimum atomic E-state index is -4.47. The van der Waals surface area contributed by atoms with Crippen LogP contribution < -0.4 is 10.1 Å². The first kappa shape index (κ1) is 19.6. The molecule has 0 heterocycles. The normalized spacial score (nSPS) is 12.3. The van der Waals surface area contributed by atoms with Crippen LogP contribution in [0.25, 0.3) is 0 Å². The number of aliphatic hydroxyl groups excluding tert-OH is 1. The van der Waals surface area contributed by atoms with Crippen molar-refractivity contribution in [1.82, 2.24) is 5.32 Å². The van der Waals surface area contributed by atoms with E-state index in [4.69, 9.17) is 9.47 Å². The van der Waals surface area contributed by atoms with E-state index < -0.39 is 23.9 Å². The molecule has 0 aliphatic carbocycles. The maximum absolute atomic E-state index is 12.6. The summed E-state index contributed by atoms with van der Waals surface area (Å²) in [5.74, 6) is -0.0227. The molecular weight excluding hydrogens is 351 g/mol. The Morgan fingerprint density at radius 1 is 1.12 bits per heavy atom. The number of hydrogen-bond acceptors (Lipinski definition) is 4. The molecule has 0 bridgehead atoms. The number of benzene rings is 2. The van der Waals surface area contributed by atoms with E-state index in [2.05, 4.69) is 5.32 Å². The Balaban J connectivity index is 1.70. The molecule has 0 spiro atoms. The molecule has 8 heteroatoms. The molecule has 2 aromatic carbocycles. The molecule has 0 aromatic heterocycles. The Morgan fingerprint density at radius 2 is 1.85 bits per heavy atom. The van der Waals surface area contributed by atoms with E-state index in [1.54, 1.807) is 12.1 Å². The van der Waals surface area contributed by atoms with Crippen molar-refractivity contribution in [2.75, 3.05) is 13.2 Å². The predicted octanol–water partition coefficient (Wildman–Crippen LogP) is 3.37. The number of carbonyl (C=O) groups is 1. The lowest BCUT2D eigenvalue weighted by Crippen LogP contribution is -2.35. The lowest BCUT2D eigenvalue weighted by Gasteiger charge is -2.14. The van der Waals surface area contributed by atoms with Gasteiger partial charge in [-0.1, -0.05) is 36.4 Å². The van der Waals surface area contributed by atoms with Gasteiger partial charge in [-0.15, -0.1) is 0 Å². The fourth-order valence-corrected chi connectivity index (χ4v) is 1.99. The van der Waals surface area contributed by atoms with Gasteiger partial charge in [0, 0.05) is 0 Å². The third-order valence-corrected chi connectivity index (χ3v) is 3.30. The monoisotopic (exact) mass is 369 g/mol. The van der Waals surface area contributed by atoms with Crippen molar-refractivity contribution in [3.8, 4) is 5.75 Å². The molecule has 0 radical (unpaired) electrons. The standard InChI is InChI=1S/C18H18F3NO4/c19-18(20,21)14-7-4-8-16(9-14)25-12-15(23)10-22-17(24)26-11-13-5-2-1-3-6-13/h1-9,15,23H,10-12H2,(H,22,24). The predicted molar refractivity (Wildman–Crippen MR) is 87.6 cm³/mol. The maximum Gasteiger partial charge on any atom is 0.416 e. The van der Waals surface area contributed by atoms with Crippen molar-refractivity contribution in [2.24, 2.45) is 0 Å². The zero-order valence-corrected chi connectivity index (χ0v) is 13.7. The molecule has 2 rings (SSSR count). The number of alkyl carbamates (subject to hydrolysis) is 1. The first-order valence-electron chi connectivity index (χ1n) is 7.77. The highest BCUT2D eigenvalue weighted by Crippen LogP contribution is 2.31. The summed E-state index contributed by atoms with van der Waals surface area (Å²) < 4.78 is 47.9. The molecule has 140 valence electrons. The lowest BCUT2D eigenvalue weighted by molar-refractivity contribution is -0.137. The molecule has 5 nitrogen and oxygen atoms in total. The Morgan fingerprint density at radius 3 is 2.54 bits per heavy atom. The van der Waals surface area contributed by atoms with Gasteiger partial charge in [0.05, 0.1) is 12.1 Å². The van der Waals surface area contributed by atoms with Gasteiger partial charge in [0.1, 0.15) is 25.1 Å². The van der Waals surface area contributed by atoms with Crippen molar-refractivity contribution in [2.45, 2.75) is 18.9 Å². The number of rotatable bonds is 7. The SMILES string of the molecule is O=C(NCC(O)COc1cccc(C(F)(F)F)c1)OCc1ccccc1. The summed E-state index contributed by atoms with van der Waals surface area (Å²) in [6, 6.07) is 13.4. The van der Waals surface area contributed by atoms with Crippen LogP contribution in [0.2, 0.25) is 0 Å². The Bertz CT molecular complexity index is 707. The van der Waals surface area contributed by atoms with Crippen LogP contribution in [-0.4, -0.2) is 30.5 Å². The molecule has 0 saturated heterocycles. The number of alkyl halides is 3. The second-order valence-corrected chi connectivity index (χ2v) is 5.43. The van der Waals surface area contributed by atoms with Crippen molar-refractivity contribution in [1.29, 1.82) is 0 Å². The zero-order valence-electron chi connectivity index (χ0n) is 13.7. The van der Waals surface area contributed by atoms with Crippen LogP contribution in [0.1, 0.15) is 11.1 Å². The van der Waals surface area contributed by atoms with Crippen LogP contribution in [0.4, 0.5) is 18.0 Å². The highest BCUT2D eigenvalue weighted by molar-refractivity contribution is 5.67. The van der Waals surface area contributed by atoms with E-state index in [-0.39, 0.29) is 25.5 Å². The highest BCUT2D eigenvalue weighted by atomic mass is 19.4. The molecule has 26 heavy (non-hydrogen) atoms. The number of halogens is 3. The van der Waals surface area contributed by atoms with Crippen molar-refractivity contribution in [3.63, 3.8) is 0 Å². The summed E-state index contributed by atoms with van der Waals surface area (Å²) in [6.07, 6.45) is -6.29. The second-order valence-electron chi connectivity index (χ2n) is 5.43. The molecule has 2 aromatic rings. The third kappa shape index (κ3) is 6.64. The zero-order chi connectivity index (χ0) is 19.0. The van der Waals surface area contributed by atoms with Gasteiger partial charge in [0.15, 0.2) is 0 Å².